The van der Waals surface area contributed by atoms with Crippen LogP contribution in [0, 0.1) is 0 Å². The third-order valence-corrected chi connectivity index (χ3v) is 4.17. The maximum atomic E-state index is 12.0. The molecule has 6 heteroatoms. The van der Waals surface area contributed by atoms with Crippen molar-refractivity contribution in [1.82, 2.24) is 5.32 Å². The normalized spacial score (nSPS) is 11.0. The highest BCUT2D eigenvalue weighted by molar-refractivity contribution is 7.11. The Hall–Kier alpha value is -2.47. The van der Waals surface area contributed by atoms with Gasteiger partial charge in [0.1, 0.15) is 4.88 Å². The summed E-state index contributed by atoms with van der Waals surface area (Å²) in [6.07, 6.45) is 0. The van der Waals surface area contributed by atoms with E-state index in [0.717, 1.165) is 5.56 Å². The maximum Gasteiger partial charge on any atom is 0.348 e. The predicted molar refractivity (Wildman–Crippen MR) is 92.2 cm³/mol. The molecule has 1 heterocycles. The molecule has 0 aliphatic heterocycles. The SMILES string of the molecule is CC(C)(C)c1ccc(C(=O)NC(=O)COC(=O)c2cccs2)cc1. The van der Waals surface area contributed by atoms with Gasteiger partial charge in [0.25, 0.3) is 11.8 Å². The van der Waals surface area contributed by atoms with Gasteiger partial charge >= 0.3 is 5.97 Å². The van der Waals surface area contributed by atoms with Crippen molar-refractivity contribution < 1.29 is 19.1 Å². The van der Waals surface area contributed by atoms with Crippen LogP contribution in [0.2, 0.25) is 0 Å². The molecule has 2 rings (SSSR count). The molecule has 126 valence electrons. The smallest absolute Gasteiger partial charge is 0.348 e. The zero-order chi connectivity index (χ0) is 17.7. The summed E-state index contributed by atoms with van der Waals surface area (Å²) < 4.78 is 4.86. The summed E-state index contributed by atoms with van der Waals surface area (Å²) in [4.78, 5) is 35.8. The number of benzene rings is 1. The van der Waals surface area contributed by atoms with E-state index in [1.807, 2.05) is 12.1 Å². The van der Waals surface area contributed by atoms with E-state index in [9.17, 15) is 14.4 Å². The number of ether oxygens (including phenoxy) is 1. The summed E-state index contributed by atoms with van der Waals surface area (Å²) in [5.74, 6) is -1.76. The van der Waals surface area contributed by atoms with Crippen LogP contribution in [0.15, 0.2) is 41.8 Å². The first-order valence-corrected chi connectivity index (χ1v) is 8.30. The Labute approximate surface area is 144 Å². The number of hydrogen-bond donors (Lipinski definition) is 1. The summed E-state index contributed by atoms with van der Waals surface area (Å²) in [5, 5.41) is 3.94. The highest BCUT2D eigenvalue weighted by atomic mass is 32.1. The van der Waals surface area contributed by atoms with Gasteiger partial charge in [0.15, 0.2) is 6.61 Å². The van der Waals surface area contributed by atoms with Crippen molar-refractivity contribution in [3.8, 4) is 0 Å². The molecular formula is C18H19NO4S. The van der Waals surface area contributed by atoms with Crippen molar-refractivity contribution in [3.63, 3.8) is 0 Å². The van der Waals surface area contributed by atoms with Crippen molar-refractivity contribution in [2.24, 2.45) is 0 Å². The molecule has 0 radical (unpaired) electrons. The molecule has 1 aromatic heterocycles. The fourth-order valence-electron chi connectivity index (χ4n) is 1.95. The summed E-state index contributed by atoms with van der Waals surface area (Å²) in [7, 11) is 0. The molecule has 24 heavy (non-hydrogen) atoms. The van der Waals surface area contributed by atoms with Crippen LogP contribution in [0.4, 0.5) is 0 Å². The van der Waals surface area contributed by atoms with E-state index < -0.39 is 24.4 Å². The molecule has 0 fully saturated rings. The lowest BCUT2D eigenvalue weighted by Crippen LogP contribution is -2.34. The molecule has 0 aliphatic rings. The molecule has 0 unspecified atom stereocenters. The Morgan fingerprint density at radius 1 is 1.08 bits per heavy atom. The van der Waals surface area contributed by atoms with Crippen LogP contribution in [0.5, 0.6) is 0 Å². The average molecular weight is 345 g/mol. The molecule has 0 aliphatic carbocycles. The first kappa shape index (κ1) is 17.9. The van der Waals surface area contributed by atoms with Gasteiger partial charge in [-0.2, -0.15) is 0 Å². The van der Waals surface area contributed by atoms with Gasteiger partial charge in [0.2, 0.25) is 0 Å². The summed E-state index contributed by atoms with van der Waals surface area (Å²) >= 11 is 1.22. The van der Waals surface area contributed by atoms with Gasteiger partial charge in [-0.25, -0.2) is 4.79 Å². The fourth-order valence-corrected chi connectivity index (χ4v) is 2.57. The Morgan fingerprint density at radius 3 is 2.29 bits per heavy atom. The van der Waals surface area contributed by atoms with E-state index in [1.165, 1.54) is 11.3 Å². The molecular weight excluding hydrogens is 326 g/mol. The van der Waals surface area contributed by atoms with Crippen molar-refractivity contribution in [1.29, 1.82) is 0 Å². The molecule has 0 saturated heterocycles. The molecule has 0 bridgehead atoms. The number of carbonyl (C=O) groups excluding carboxylic acids is 3. The minimum atomic E-state index is -0.662. The van der Waals surface area contributed by atoms with Crippen LogP contribution >= 0.6 is 11.3 Å². The summed E-state index contributed by atoms with van der Waals surface area (Å²) in [5.41, 5.74) is 1.46. The van der Waals surface area contributed by atoms with E-state index in [2.05, 4.69) is 26.1 Å². The number of rotatable bonds is 4. The predicted octanol–water partition coefficient (Wildman–Crippen LogP) is 3.16. The highest BCUT2D eigenvalue weighted by Gasteiger charge is 2.16. The van der Waals surface area contributed by atoms with Gasteiger partial charge in [-0.15, -0.1) is 11.3 Å². The highest BCUT2D eigenvalue weighted by Crippen LogP contribution is 2.22. The molecule has 2 aromatic rings. The van der Waals surface area contributed by atoms with E-state index in [4.69, 9.17) is 4.74 Å². The largest absolute Gasteiger partial charge is 0.451 e. The molecule has 2 amide bonds. The Kier molecular flexibility index (Phi) is 5.51. The molecule has 0 saturated carbocycles. The van der Waals surface area contributed by atoms with Gasteiger partial charge < -0.3 is 4.74 Å². The van der Waals surface area contributed by atoms with Crippen LogP contribution in [-0.4, -0.2) is 24.4 Å². The fraction of sp³-hybridized carbons (Fsp3) is 0.278. The van der Waals surface area contributed by atoms with Crippen molar-refractivity contribution >= 4 is 29.1 Å². The zero-order valence-electron chi connectivity index (χ0n) is 13.8. The van der Waals surface area contributed by atoms with Crippen LogP contribution in [0.1, 0.15) is 46.4 Å². The number of nitrogens with one attached hydrogen (secondary N) is 1. The molecule has 5 nitrogen and oxygen atoms in total. The lowest BCUT2D eigenvalue weighted by molar-refractivity contribution is -0.123. The Morgan fingerprint density at radius 2 is 1.75 bits per heavy atom. The van der Waals surface area contributed by atoms with Crippen molar-refractivity contribution in [2.45, 2.75) is 26.2 Å². The van der Waals surface area contributed by atoms with Gasteiger partial charge in [-0.1, -0.05) is 39.0 Å². The van der Waals surface area contributed by atoms with Crippen LogP contribution in [0.25, 0.3) is 0 Å². The number of imide groups is 1. The van der Waals surface area contributed by atoms with Crippen LogP contribution < -0.4 is 5.32 Å². The number of amides is 2. The second kappa shape index (κ2) is 7.40. The topological polar surface area (TPSA) is 72.5 Å². The standard InChI is InChI=1S/C18H19NO4S/c1-18(2,3)13-8-6-12(7-9-13)16(21)19-15(20)11-23-17(22)14-5-4-10-24-14/h4-10H,11H2,1-3H3,(H,19,20,21). The quantitative estimate of drug-likeness (QED) is 0.864. The van der Waals surface area contributed by atoms with Gasteiger partial charge in [-0.05, 0) is 34.6 Å². The van der Waals surface area contributed by atoms with Crippen molar-refractivity contribution in [2.75, 3.05) is 6.61 Å². The first-order chi connectivity index (χ1) is 11.3. The van der Waals surface area contributed by atoms with E-state index in [-0.39, 0.29) is 5.41 Å². The number of esters is 1. The van der Waals surface area contributed by atoms with Gasteiger partial charge in [-0.3, -0.25) is 14.9 Å². The lowest BCUT2D eigenvalue weighted by Gasteiger charge is -2.18. The van der Waals surface area contributed by atoms with Crippen LogP contribution in [-0.2, 0) is 14.9 Å². The number of thiophene rings is 1. The third kappa shape index (κ3) is 4.76. The summed E-state index contributed by atoms with van der Waals surface area (Å²) in [6.45, 7) is 5.73. The van der Waals surface area contributed by atoms with Crippen LogP contribution in [0.3, 0.4) is 0 Å². The number of hydrogen-bond acceptors (Lipinski definition) is 5. The number of carbonyl (C=O) groups is 3. The Balaban J connectivity index is 1.87. The van der Waals surface area contributed by atoms with Gasteiger partial charge in [0.05, 0.1) is 0 Å². The molecule has 1 aromatic carbocycles. The monoisotopic (exact) mass is 345 g/mol. The van der Waals surface area contributed by atoms with Gasteiger partial charge in [0, 0.05) is 5.56 Å². The minimum Gasteiger partial charge on any atom is -0.451 e. The van der Waals surface area contributed by atoms with E-state index in [1.54, 1.807) is 29.6 Å². The van der Waals surface area contributed by atoms with E-state index in [0.29, 0.717) is 10.4 Å². The second-order valence-corrected chi connectivity index (χ2v) is 7.21. The zero-order valence-corrected chi connectivity index (χ0v) is 14.6. The van der Waals surface area contributed by atoms with E-state index >= 15 is 0 Å². The first-order valence-electron chi connectivity index (χ1n) is 7.43. The molecule has 0 spiro atoms. The lowest BCUT2D eigenvalue weighted by atomic mass is 9.87. The molecule has 0 atom stereocenters. The maximum absolute atomic E-state index is 12.0. The molecule has 1 N–H and O–H groups in total. The summed E-state index contributed by atoms with van der Waals surface area (Å²) in [6, 6.07) is 10.4. The van der Waals surface area contributed by atoms with Crippen molar-refractivity contribution in [3.05, 3.63) is 57.8 Å². The Bertz CT molecular complexity index is 727. The minimum absolute atomic E-state index is 0.0131. The second-order valence-electron chi connectivity index (χ2n) is 6.26. The third-order valence-electron chi connectivity index (χ3n) is 3.32. The average Bonchev–Trinajstić information content (AvgIpc) is 3.06.